The topological polar surface area (TPSA) is 49.6 Å². The molecule has 1 atom stereocenters. The van der Waals surface area contributed by atoms with Gasteiger partial charge in [0.1, 0.15) is 5.82 Å². The summed E-state index contributed by atoms with van der Waals surface area (Å²) in [6, 6.07) is 4.30. The normalized spacial score (nSPS) is 20.6. The molecule has 0 radical (unpaired) electrons. The maximum Gasteiger partial charge on any atom is 0.254 e. The molecule has 2 N–H and O–H groups in total. The molecule has 1 amide bonds. The molecule has 1 heterocycles. The lowest BCUT2D eigenvalue weighted by molar-refractivity contribution is 0.0515. The van der Waals surface area contributed by atoms with Gasteiger partial charge in [0.05, 0.1) is 6.04 Å². The average Bonchev–Trinajstić information content (AvgIpc) is 2.37. The second kappa shape index (κ2) is 5.67. The molecular formula is C14H20FN3O. The minimum absolute atomic E-state index is 0.0238. The Kier molecular flexibility index (Phi) is 4.17. The lowest BCUT2D eigenvalue weighted by Gasteiger charge is -2.39. The monoisotopic (exact) mass is 265 g/mol. The fourth-order valence-electron chi connectivity index (χ4n) is 2.50. The van der Waals surface area contributed by atoms with Gasteiger partial charge in [0, 0.05) is 31.7 Å². The minimum Gasteiger partial charge on any atom is -0.332 e. The van der Waals surface area contributed by atoms with E-state index in [0.717, 1.165) is 13.1 Å². The van der Waals surface area contributed by atoms with Crippen molar-refractivity contribution in [1.29, 1.82) is 0 Å². The predicted octanol–water partition coefficient (Wildman–Crippen LogP) is 0.849. The summed E-state index contributed by atoms with van der Waals surface area (Å²) in [5.41, 5.74) is 6.98. The minimum atomic E-state index is -0.317. The summed E-state index contributed by atoms with van der Waals surface area (Å²) in [5, 5.41) is 0. The van der Waals surface area contributed by atoms with Crippen LogP contribution < -0.4 is 5.73 Å². The average molecular weight is 265 g/mol. The van der Waals surface area contributed by atoms with Gasteiger partial charge in [-0.25, -0.2) is 4.39 Å². The number of nitrogens with two attached hydrogens (primary N) is 1. The highest BCUT2D eigenvalue weighted by Crippen LogP contribution is 2.16. The summed E-state index contributed by atoms with van der Waals surface area (Å²) >= 11 is 0. The summed E-state index contributed by atoms with van der Waals surface area (Å²) in [6.07, 6.45) is 0. The second-order valence-corrected chi connectivity index (χ2v) is 5.11. The molecule has 5 heteroatoms. The largest absolute Gasteiger partial charge is 0.332 e. The van der Waals surface area contributed by atoms with Gasteiger partial charge in [-0.3, -0.25) is 4.79 Å². The first-order valence-electron chi connectivity index (χ1n) is 6.48. The van der Waals surface area contributed by atoms with Crippen LogP contribution in [0.1, 0.15) is 15.9 Å². The van der Waals surface area contributed by atoms with E-state index in [0.29, 0.717) is 24.2 Å². The molecule has 1 saturated heterocycles. The Hall–Kier alpha value is -1.46. The molecule has 1 aliphatic rings. The number of piperazine rings is 1. The van der Waals surface area contributed by atoms with Gasteiger partial charge in [-0.15, -0.1) is 0 Å². The van der Waals surface area contributed by atoms with Gasteiger partial charge in [0.25, 0.3) is 5.91 Å². The van der Waals surface area contributed by atoms with Crippen molar-refractivity contribution < 1.29 is 9.18 Å². The van der Waals surface area contributed by atoms with Crippen molar-refractivity contribution in [3.63, 3.8) is 0 Å². The van der Waals surface area contributed by atoms with Crippen molar-refractivity contribution in [2.24, 2.45) is 5.73 Å². The third-order valence-electron chi connectivity index (χ3n) is 3.64. The third-order valence-corrected chi connectivity index (χ3v) is 3.64. The van der Waals surface area contributed by atoms with Crippen LogP contribution in [0.2, 0.25) is 0 Å². The fraction of sp³-hybridized carbons (Fsp3) is 0.500. The van der Waals surface area contributed by atoms with Gasteiger partial charge in [-0.1, -0.05) is 0 Å². The number of hydrogen-bond acceptors (Lipinski definition) is 3. The number of rotatable bonds is 2. The highest BCUT2D eigenvalue weighted by atomic mass is 19.1. The summed E-state index contributed by atoms with van der Waals surface area (Å²) in [7, 11) is 2.02. The number of likely N-dealkylation sites (N-methyl/N-ethyl adjacent to an activating group) is 1. The number of carbonyl (C=O) groups is 1. The number of aryl methyl sites for hydroxylation is 1. The molecule has 104 valence electrons. The Labute approximate surface area is 113 Å². The molecule has 2 rings (SSSR count). The van der Waals surface area contributed by atoms with E-state index in [9.17, 15) is 9.18 Å². The first kappa shape index (κ1) is 14.0. The van der Waals surface area contributed by atoms with Crippen molar-refractivity contribution in [2.45, 2.75) is 13.0 Å². The molecule has 19 heavy (non-hydrogen) atoms. The van der Waals surface area contributed by atoms with Crippen LogP contribution in [-0.4, -0.2) is 55.0 Å². The molecular weight excluding hydrogens is 245 g/mol. The number of benzene rings is 1. The van der Waals surface area contributed by atoms with E-state index in [1.54, 1.807) is 17.9 Å². The van der Waals surface area contributed by atoms with Crippen LogP contribution in [0, 0.1) is 12.7 Å². The van der Waals surface area contributed by atoms with E-state index in [1.165, 1.54) is 12.1 Å². The number of carbonyl (C=O) groups excluding carboxylic acids is 1. The smallest absolute Gasteiger partial charge is 0.254 e. The van der Waals surface area contributed by atoms with Crippen LogP contribution >= 0.6 is 0 Å². The van der Waals surface area contributed by atoms with E-state index in [-0.39, 0.29) is 17.8 Å². The van der Waals surface area contributed by atoms with Crippen molar-refractivity contribution in [3.05, 3.63) is 35.1 Å². The summed E-state index contributed by atoms with van der Waals surface area (Å²) in [4.78, 5) is 16.5. The molecule has 4 nitrogen and oxygen atoms in total. The molecule has 0 spiro atoms. The van der Waals surface area contributed by atoms with Crippen LogP contribution in [0.4, 0.5) is 4.39 Å². The van der Waals surface area contributed by atoms with E-state index in [2.05, 4.69) is 4.90 Å². The lowest BCUT2D eigenvalue weighted by Crippen LogP contribution is -2.56. The Morgan fingerprint density at radius 3 is 2.84 bits per heavy atom. The number of hydrogen-bond donors (Lipinski definition) is 1. The molecule has 0 saturated carbocycles. The van der Waals surface area contributed by atoms with Crippen molar-refractivity contribution in [3.8, 4) is 0 Å². The van der Waals surface area contributed by atoms with Crippen LogP contribution in [0.15, 0.2) is 18.2 Å². The van der Waals surface area contributed by atoms with E-state index in [1.807, 2.05) is 7.05 Å². The summed E-state index contributed by atoms with van der Waals surface area (Å²) < 4.78 is 13.1. The number of nitrogens with zero attached hydrogens (tertiary/aromatic N) is 2. The lowest BCUT2D eigenvalue weighted by atomic mass is 10.0. The van der Waals surface area contributed by atoms with E-state index < -0.39 is 0 Å². The Bertz CT molecular complexity index is 478. The Balaban J connectivity index is 2.22. The first-order valence-corrected chi connectivity index (χ1v) is 6.48. The van der Waals surface area contributed by atoms with Crippen LogP contribution in [0.3, 0.4) is 0 Å². The summed E-state index contributed by atoms with van der Waals surface area (Å²) in [5.74, 6) is -0.371. The van der Waals surface area contributed by atoms with Gasteiger partial charge < -0.3 is 15.5 Å². The van der Waals surface area contributed by atoms with Crippen LogP contribution in [0.25, 0.3) is 0 Å². The van der Waals surface area contributed by atoms with Gasteiger partial charge in [0.2, 0.25) is 0 Å². The number of halogens is 1. The van der Waals surface area contributed by atoms with Gasteiger partial charge in [0.15, 0.2) is 0 Å². The van der Waals surface area contributed by atoms with Crippen LogP contribution in [-0.2, 0) is 0 Å². The molecule has 1 aromatic rings. The van der Waals surface area contributed by atoms with Crippen molar-refractivity contribution >= 4 is 5.91 Å². The molecule has 0 aliphatic carbocycles. The van der Waals surface area contributed by atoms with Crippen molar-refractivity contribution in [1.82, 2.24) is 9.80 Å². The zero-order valence-corrected chi connectivity index (χ0v) is 11.4. The molecule has 1 aromatic carbocycles. The molecule has 1 fully saturated rings. The number of amides is 1. The van der Waals surface area contributed by atoms with E-state index in [4.69, 9.17) is 5.73 Å². The van der Waals surface area contributed by atoms with E-state index >= 15 is 0 Å². The maximum absolute atomic E-state index is 13.1. The van der Waals surface area contributed by atoms with Crippen LogP contribution in [0.5, 0.6) is 0 Å². The highest BCUT2D eigenvalue weighted by Gasteiger charge is 2.29. The van der Waals surface area contributed by atoms with Crippen molar-refractivity contribution in [2.75, 3.05) is 33.2 Å². The zero-order chi connectivity index (χ0) is 14.0. The standard InChI is InChI=1S/C14H20FN3O/c1-10-7-11(15)3-4-13(10)14(19)18-6-5-17(2)9-12(18)8-16/h3-4,7,12H,5-6,8-9,16H2,1-2H3. The zero-order valence-electron chi connectivity index (χ0n) is 11.4. The molecule has 1 unspecified atom stereocenters. The first-order chi connectivity index (χ1) is 9.02. The third kappa shape index (κ3) is 2.93. The fourth-order valence-corrected chi connectivity index (χ4v) is 2.50. The SMILES string of the molecule is Cc1cc(F)ccc1C(=O)N1CCN(C)CC1CN. The second-order valence-electron chi connectivity index (χ2n) is 5.11. The van der Waals surface area contributed by atoms with Gasteiger partial charge in [-0.2, -0.15) is 0 Å². The predicted molar refractivity (Wildman–Crippen MR) is 72.5 cm³/mol. The van der Waals surface area contributed by atoms with Gasteiger partial charge >= 0.3 is 0 Å². The summed E-state index contributed by atoms with van der Waals surface area (Å²) in [6.45, 7) is 4.47. The highest BCUT2D eigenvalue weighted by molar-refractivity contribution is 5.96. The Morgan fingerprint density at radius 1 is 1.47 bits per heavy atom. The molecule has 0 aromatic heterocycles. The quantitative estimate of drug-likeness (QED) is 0.862. The molecule has 1 aliphatic heterocycles. The maximum atomic E-state index is 13.1. The van der Waals surface area contributed by atoms with Gasteiger partial charge in [-0.05, 0) is 37.7 Å². The molecule has 0 bridgehead atoms. The Morgan fingerprint density at radius 2 is 2.21 bits per heavy atom.